The molecule has 27 heavy (non-hydrogen) atoms. The highest BCUT2D eigenvalue weighted by atomic mass is 19.1. The molecule has 0 saturated heterocycles. The SMILES string of the molecule is CC(C)[C@@H](NC(=O)c1cn(Cc2c(F)cccc2F)nn1)c1nccn1C. The molecule has 0 unspecified atom stereocenters. The number of aromatic nitrogens is 5. The van der Waals surface area contributed by atoms with Crippen molar-refractivity contribution in [3.63, 3.8) is 0 Å². The maximum atomic E-state index is 13.8. The van der Waals surface area contributed by atoms with Gasteiger partial charge in [-0.05, 0) is 18.1 Å². The molecule has 7 nitrogen and oxygen atoms in total. The molecular formula is C18H20F2N6O. The second-order valence-corrected chi connectivity index (χ2v) is 6.59. The van der Waals surface area contributed by atoms with E-state index in [0.717, 1.165) is 5.82 Å². The number of hydrogen-bond acceptors (Lipinski definition) is 4. The molecular weight excluding hydrogens is 354 g/mol. The standard InChI is InChI=1S/C18H20F2N6O/c1-11(2)16(17-21-7-8-25(17)3)22-18(27)15-10-26(24-23-15)9-12-13(19)5-4-6-14(12)20/h4-8,10-11,16H,9H2,1-3H3,(H,22,27)/t16-/m1/s1. The highest BCUT2D eigenvalue weighted by Gasteiger charge is 2.24. The van der Waals surface area contributed by atoms with Gasteiger partial charge in [0.15, 0.2) is 5.69 Å². The van der Waals surface area contributed by atoms with Crippen molar-refractivity contribution in [2.45, 2.75) is 26.4 Å². The minimum atomic E-state index is -0.675. The summed E-state index contributed by atoms with van der Waals surface area (Å²) in [6.45, 7) is 3.78. The Balaban J connectivity index is 1.75. The average molecular weight is 374 g/mol. The lowest BCUT2D eigenvalue weighted by Gasteiger charge is -2.21. The lowest BCUT2D eigenvalue weighted by atomic mass is 10.0. The Morgan fingerprint density at radius 3 is 2.56 bits per heavy atom. The van der Waals surface area contributed by atoms with Crippen LogP contribution >= 0.6 is 0 Å². The number of nitrogens with one attached hydrogen (secondary N) is 1. The van der Waals surface area contributed by atoms with Crippen molar-refractivity contribution in [3.8, 4) is 0 Å². The third-order valence-electron chi connectivity index (χ3n) is 4.24. The first-order valence-electron chi connectivity index (χ1n) is 8.48. The molecule has 1 amide bonds. The van der Waals surface area contributed by atoms with Crippen molar-refractivity contribution in [3.05, 3.63) is 65.5 Å². The van der Waals surface area contributed by atoms with Gasteiger partial charge in [0.2, 0.25) is 0 Å². The smallest absolute Gasteiger partial charge is 0.274 e. The first-order chi connectivity index (χ1) is 12.9. The fourth-order valence-corrected chi connectivity index (χ4v) is 2.75. The number of rotatable bonds is 6. The van der Waals surface area contributed by atoms with Gasteiger partial charge in [-0.15, -0.1) is 5.10 Å². The van der Waals surface area contributed by atoms with Gasteiger partial charge in [-0.2, -0.15) is 0 Å². The predicted octanol–water partition coefficient (Wildman–Crippen LogP) is 2.47. The molecule has 0 aliphatic heterocycles. The van der Waals surface area contributed by atoms with Crippen LogP contribution in [0.3, 0.4) is 0 Å². The van der Waals surface area contributed by atoms with E-state index in [1.807, 2.05) is 25.5 Å². The topological polar surface area (TPSA) is 77.6 Å². The number of hydrogen-bond donors (Lipinski definition) is 1. The molecule has 0 aliphatic carbocycles. The Bertz CT molecular complexity index is 929. The number of carbonyl (C=O) groups excluding carboxylic acids is 1. The molecule has 1 aromatic carbocycles. The van der Waals surface area contributed by atoms with Crippen LogP contribution in [0, 0.1) is 17.6 Å². The van der Waals surface area contributed by atoms with Crippen LogP contribution < -0.4 is 5.32 Å². The minimum Gasteiger partial charge on any atom is -0.340 e. The normalized spacial score (nSPS) is 12.4. The molecule has 3 aromatic rings. The average Bonchev–Trinajstić information content (AvgIpc) is 3.25. The first kappa shape index (κ1) is 18.7. The van der Waals surface area contributed by atoms with E-state index in [0.29, 0.717) is 0 Å². The maximum absolute atomic E-state index is 13.8. The molecule has 142 valence electrons. The summed E-state index contributed by atoms with van der Waals surface area (Å²) in [5, 5.41) is 10.5. The zero-order chi connectivity index (χ0) is 19.6. The molecule has 0 aliphatic rings. The Labute approximate surface area is 155 Å². The van der Waals surface area contributed by atoms with Crippen LogP contribution in [0.25, 0.3) is 0 Å². The predicted molar refractivity (Wildman–Crippen MR) is 93.7 cm³/mol. The van der Waals surface area contributed by atoms with Gasteiger partial charge in [0.1, 0.15) is 17.5 Å². The Kier molecular flexibility index (Phi) is 5.29. The molecule has 2 aromatic heterocycles. The van der Waals surface area contributed by atoms with Gasteiger partial charge in [0.05, 0.1) is 18.8 Å². The number of amides is 1. The highest BCUT2D eigenvalue weighted by Crippen LogP contribution is 2.20. The summed E-state index contributed by atoms with van der Waals surface area (Å²) >= 11 is 0. The molecule has 2 heterocycles. The third kappa shape index (κ3) is 4.02. The van der Waals surface area contributed by atoms with E-state index < -0.39 is 17.5 Å². The summed E-state index contributed by atoms with van der Waals surface area (Å²) in [6.07, 6.45) is 4.82. The molecule has 0 radical (unpaired) electrons. The van der Waals surface area contributed by atoms with Crippen molar-refractivity contribution < 1.29 is 13.6 Å². The number of benzene rings is 1. The third-order valence-corrected chi connectivity index (χ3v) is 4.24. The quantitative estimate of drug-likeness (QED) is 0.719. The van der Waals surface area contributed by atoms with Gasteiger partial charge in [-0.3, -0.25) is 4.79 Å². The molecule has 1 N–H and O–H groups in total. The van der Waals surface area contributed by atoms with Crippen LogP contribution in [0.4, 0.5) is 8.78 Å². The van der Waals surface area contributed by atoms with Crippen LogP contribution in [0.1, 0.15) is 41.8 Å². The summed E-state index contributed by atoms with van der Waals surface area (Å²) in [7, 11) is 1.85. The molecule has 3 rings (SSSR count). The second-order valence-electron chi connectivity index (χ2n) is 6.59. The van der Waals surface area contributed by atoms with Gasteiger partial charge in [0, 0.05) is 25.0 Å². The molecule has 0 spiro atoms. The fraction of sp³-hybridized carbons (Fsp3) is 0.333. The van der Waals surface area contributed by atoms with Crippen LogP contribution in [0.5, 0.6) is 0 Å². The van der Waals surface area contributed by atoms with Crippen molar-refractivity contribution in [1.29, 1.82) is 0 Å². The molecule has 0 bridgehead atoms. The largest absolute Gasteiger partial charge is 0.340 e. The Morgan fingerprint density at radius 1 is 1.26 bits per heavy atom. The molecule has 0 fully saturated rings. The van der Waals surface area contributed by atoms with E-state index in [1.165, 1.54) is 29.1 Å². The van der Waals surface area contributed by atoms with E-state index in [1.54, 1.807) is 12.4 Å². The van der Waals surface area contributed by atoms with Crippen LogP contribution in [0.15, 0.2) is 36.8 Å². The van der Waals surface area contributed by atoms with Gasteiger partial charge in [0.25, 0.3) is 5.91 Å². The van der Waals surface area contributed by atoms with Gasteiger partial charge < -0.3 is 9.88 Å². The number of halogens is 2. The first-order valence-corrected chi connectivity index (χ1v) is 8.48. The van der Waals surface area contributed by atoms with Crippen LogP contribution in [-0.4, -0.2) is 30.5 Å². The number of imidazole rings is 1. The summed E-state index contributed by atoms with van der Waals surface area (Å²) in [6, 6.07) is 3.32. The minimum absolute atomic E-state index is 0.0617. The molecule has 1 atom stereocenters. The summed E-state index contributed by atoms with van der Waals surface area (Å²) in [5.41, 5.74) is -0.0750. The van der Waals surface area contributed by atoms with Crippen molar-refractivity contribution >= 4 is 5.91 Å². The van der Waals surface area contributed by atoms with E-state index >= 15 is 0 Å². The number of carbonyl (C=O) groups is 1. The van der Waals surface area contributed by atoms with E-state index in [4.69, 9.17) is 0 Å². The Hall–Kier alpha value is -3.10. The highest BCUT2D eigenvalue weighted by molar-refractivity contribution is 5.92. The van der Waals surface area contributed by atoms with Crippen molar-refractivity contribution in [2.24, 2.45) is 13.0 Å². The lowest BCUT2D eigenvalue weighted by molar-refractivity contribution is 0.0917. The fourth-order valence-electron chi connectivity index (χ4n) is 2.75. The summed E-state index contributed by atoms with van der Waals surface area (Å²) in [4.78, 5) is 16.8. The molecule has 0 saturated carbocycles. The van der Waals surface area contributed by atoms with E-state index in [9.17, 15) is 13.6 Å². The summed E-state index contributed by atoms with van der Waals surface area (Å²) in [5.74, 6) is -0.967. The summed E-state index contributed by atoms with van der Waals surface area (Å²) < 4.78 is 30.6. The van der Waals surface area contributed by atoms with E-state index in [2.05, 4.69) is 20.6 Å². The maximum Gasteiger partial charge on any atom is 0.274 e. The zero-order valence-electron chi connectivity index (χ0n) is 15.2. The van der Waals surface area contributed by atoms with Crippen LogP contribution in [0.2, 0.25) is 0 Å². The Morgan fingerprint density at radius 2 is 1.96 bits per heavy atom. The molecule has 9 heteroatoms. The monoisotopic (exact) mass is 374 g/mol. The lowest BCUT2D eigenvalue weighted by Crippen LogP contribution is -2.33. The number of aryl methyl sites for hydroxylation is 1. The van der Waals surface area contributed by atoms with Crippen molar-refractivity contribution in [2.75, 3.05) is 0 Å². The van der Waals surface area contributed by atoms with Crippen LogP contribution in [-0.2, 0) is 13.6 Å². The van der Waals surface area contributed by atoms with Gasteiger partial charge >= 0.3 is 0 Å². The second kappa shape index (κ2) is 7.65. The number of nitrogens with zero attached hydrogens (tertiary/aromatic N) is 5. The van der Waals surface area contributed by atoms with Gasteiger partial charge in [-0.25, -0.2) is 18.4 Å². The zero-order valence-corrected chi connectivity index (χ0v) is 15.2. The van der Waals surface area contributed by atoms with Gasteiger partial charge in [-0.1, -0.05) is 25.1 Å². The van der Waals surface area contributed by atoms with Crippen molar-refractivity contribution in [1.82, 2.24) is 29.9 Å². The van der Waals surface area contributed by atoms with E-state index in [-0.39, 0.29) is 29.8 Å².